The normalized spacial score (nSPS) is 11.3. The molecule has 6 heteroatoms. The van der Waals surface area contributed by atoms with E-state index >= 15 is 0 Å². The summed E-state index contributed by atoms with van der Waals surface area (Å²) in [5, 5.41) is 8.58. The number of carboxylic acid groups (broad SMARTS) is 1. The third kappa shape index (κ3) is 3.94. The van der Waals surface area contributed by atoms with E-state index in [2.05, 4.69) is 0 Å². The summed E-state index contributed by atoms with van der Waals surface area (Å²) in [6.07, 6.45) is -4.40. The van der Waals surface area contributed by atoms with Gasteiger partial charge in [0.25, 0.3) is 0 Å². The number of hydrogen-bond donors (Lipinski definition) is 1. The molecule has 0 saturated carbocycles. The van der Waals surface area contributed by atoms with Crippen LogP contribution in [0.15, 0.2) is 24.3 Å². The van der Waals surface area contributed by atoms with Crippen LogP contribution in [0, 0.1) is 0 Å². The first kappa shape index (κ1) is 14.3. The molecule has 0 spiro atoms. The molecule has 18 heavy (non-hydrogen) atoms. The number of carboxylic acids is 1. The summed E-state index contributed by atoms with van der Waals surface area (Å²) in [5.41, 5.74) is -0.118. The number of carbonyl (C=O) groups is 1. The Morgan fingerprint density at radius 3 is 2.22 bits per heavy atom. The third-order valence-electron chi connectivity index (χ3n) is 2.54. The summed E-state index contributed by atoms with van der Waals surface area (Å²) in [7, 11) is 0. The van der Waals surface area contributed by atoms with Crippen molar-refractivity contribution in [2.24, 2.45) is 0 Å². The molecule has 0 aliphatic heterocycles. The number of halogens is 3. The summed E-state index contributed by atoms with van der Waals surface area (Å²) >= 11 is 0. The van der Waals surface area contributed by atoms with E-state index in [1.165, 1.54) is 12.1 Å². The molecule has 0 aliphatic rings. The van der Waals surface area contributed by atoms with Gasteiger partial charge in [-0.3, -0.25) is 4.79 Å². The molecule has 100 valence electrons. The Bertz CT molecular complexity index is 401. The molecule has 0 aliphatic carbocycles. The second kappa shape index (κ2) is 5.75. The van der Waals surface area contributed by atoms with E-state index in [0.29, 0.717) is 12.2 Å². The molecule has 3 nitrogen and oxygen atoms in total. The van der Waals surface area contributed by atoms with Crippen molar-refractivity contribution in [2.75, 3.05) is 18.0 Å². The third-order valence-corrected chi connectivity index (χ3v) is 2.54. The zero-order valence-electron chi connectivity index (χ0n) is 9.87. The van der Waals surface area contributed by atoms with Gasteiger partial charge in [-0.05, 0) is 31.2 Å². The van der Waals surface area contributed by atoms with Crippen molar-refractivity contribution >= 4 is 11.7 Å². The molecule has 0 bridgehead atoms. The van der Waals surface area contributed by atoms with Gasteiger partial charge in [0.05, 0.1) is 12.0 Å². The van der Waals surface area contributed by atoms with E-state index in [1.54, 1.807) is 4.90 Å². The molecule has 0 unspecified atom stereocenters. The van der Waals surface area contributed by atoms with Crippen molar-refractivity contribution in [3.05, 3.63) is 29.8 Å². The maximum Gasteiger partial charge on any atom is 0.416 e. The van der Waals surface area contributed by atoms with Crippen LogP contribution in [0.25, 0.3) is 0 Å². The van der Waals surface area contributed by atoms with Gasteiger partial charge in [0.2, 0.25) is 0 Å². The second-order valence-corrected chi connectivity index (χ2v) is 3.77. The Morgan fingerprint density at radius 1 is 1.28 bits per heavy atom. The number of rotatable bonds is 5. The van der Waals surface area contributed by atoms with Gasteiger partial charge in [-0.25, -0.2) is 0 Å². The molecule has 0 atom stereocenters. The van der Waals surface area contributed by atoms with Crippen LogP contribution in [0.3, 0.4) is 0 Å². The molecule has 1 aromatic carbocycles. The summed E-state index contributed by atoms with van der Waals surface area (Å²) < 4.78 is 37.1. The monoisotopic (exact) mass is 261 g/mol. The number of anilines is 1. The van der Waals surface area contributed by atoms with E-state index in [-0.39, 0.29) is 13.0 Å². The summed E-state index contributed by atoms with van der Waals surface area (Å²) in [6, 6.07) is 4.71. The van der Waals surface area contributed by atoms with Crippen LogP contribution in [0.5, 0.6) is 0 Å². The number of nitrogens with zero attached hydrogens (tertiary/aromatic N) is 1. The van der Waals surface area contributed by atoms with E-state index in [1.807, 2.05) is 6.92 Å². The van der Waals surface area contributed by atoms with Crippen LogP contribution in [-0.4, -0.2) is 24.2 Å². The van der Waals surface area contributed by atoms with E-state index < -0.39 is 17.7 Å². The maximum atomic E-state index is 12.4. The Labute approximate surface area is 103 Å². The van der Waals surface area contributed by atoms with Crippen LogP contribution in [-0.2, 0) is 11.0 Å². The largest absolute Gasteiger partial charge is 0.481 e. The average Bonchev–Trinajstić information content (AvgIpc) is 2.29. The Balaban J connectivity index is 2.79. The van der Waals surface area contributed by atoms with Gasteiger partial charge >= 0.3 is 12.1 Å². The van der Waals surface area contributed by atoms with Crippen molar-refractivity contribution < 1.29 is 23.1 Å². The van der Waals surface area contributed by atoms with E-state index in [0.717, 1.165) is 12.1 Å². The predicted molar refractivity (Wildman–Crippen MR) is 61.6 cm³/mol. The lowest BCUT2D eigenvalue weighted by molar-refractivity contribution is -0.138. The fourth-order valence-corrected chi connectivity index (χ4v) is 1.56. The van der Waals surface area contributed by atoms with Crippen LogP contribution in [0.4, 0.5) is 18.9 Å². The van der Waals surface area contributed by atoms with Gasteiger partial charge in [-0.1, -0.05) is 0 Å². The predicted octanol–water partition coefficient (Wildman–Crippen LogP) is 3.01. The van der Waals surface area contributed by atoms with Gasteiger partial charge in [0.15, 0.2) is 0 Å². The zero-order valence-corrected chi connectivity index (χ0v) is 9.87. The molecule has 0 radical (unpaired) electrons. The number of benzene rings is 1. The summed E-state index contributed by atoms with van der Waals surface area (Å²) in [4.78, 5) is 12.2. The maximum absolute atomic E-state index is 12.4. The summed E-state index contributed by atoms with van der Waals surface area (Å²) in [6.45, 7) is 2.63. The molecule has 1 N–H and O–H groups in total. The molecular weight excluding hydrogens is 247 g/mol. The Kier molecular flexibility index (Phi) is 4.58. The van der Waals surface area contributed by atoms with E-state index in [4.69, 9.17) is 5.11 Å². The highest BCUT2D eigenvalue weighted by Crippen LogP contribution is 2.30. The molecule has 0 amide bonds. The van der Waals surface area contributed by atoms with Gasteiger partial charge in [0.1, 0.15) is 0 Å². The van der Waals surface area contributed by atoms with Crippen LogP contribution < -0.4 is 4.90 Å². The van der Waals surface area contributed by atoms with Crippen molar-refractivity contribution in [2.45, 2.75) is 19.5 Å². The quantitative estimate of drug-likeness (QED) is 0.885. The van der Waals surface area contributed by atoms with Crippen molar-refractivity contribution in [3.63, 3.8) is 0 Å². The van der Waals surface area contributed by atoms with E-state index in [9.17, 15) is 18.0 Å². The lowest BCUT2D eigenvalue weighted by Crippen LogP contribution is -2.25. The van der Waals surface area contributed by atoms with Gasteiger partial charge in [-0.2, -0.15) is 13.2 Å². The van der Waals surface area contributed by atoms with Gasteiger partial charge in [0, 0.05) is 18.8 Å². The van der Waals surface area contributed by atoms with Gasteiger partial charge in [-0.15, -0.1) is 0 Å². The minimum absolute atomic E-state index is 0.0468. The first-order valence-corrected chi connectivity index (χ1v) is 5.48. The fraction of sp³-hybridized carbons (Fsp3) is 0.417. The molecule has 0 heterocycles. The highest BCUT2D eigenvalue weighted by molar-refractivity contribution is 5.67. The fourth-order valence-electron chi connectivity index (χ4n) is 1.56. The smallest absolute Gasteiger partial charge is 0.416 e. The van der Waals surface area contributed by atoms with Crippen LogP contribution in [0.1, 0.15) is 18.9 Å². The minimum Gasteiger partial charge on any atom is -0.481 e. The van der Waals surface area contributed by atoms with Crippen molar-refractivity contribution in [1.29, 1.82) is 0 Å². The van der Waals surface area contributed by atoms with Crippen molar-refractivity contribution in [3.8, 4) is 0 Å². The standard InChI is InChI=1S/C12H14F3NO2/c1-2-16(8-7-11(17)18)10-5-3-9(4-6-10)12(13,14)15/h3-6H,2,7-8H2,1H3,(H,17,18). The number of alkyl halides is 3. The lowest BCUT2D eigenvalue weighted by atomic mass is 10.2. The number of aliphatic carboxylic acids is 1. The SMILES string of the molecule is CCN(CCC(=O)O)c1ccc(C(F)(F)F)cc1. The lowest BCUT2D eigenvalue weighted by Gasteiger charge is -2.22. The molecule has 0 fully saturated rings. The molecule has 0 aromatic heterocycles. The Hall–Kier alpha value is -1.72. The first-order valence-electron chi connectivity index (χ1n) is 5.48. The zero-order chi connectivity index (χ0) is 13.8. The molecular formula is C12H14F3NO2. The highest BCUT2D eigenvalue weighted by atomic mass is 19.4. The topological polar surface area (TPSA) is 40.5 Å². The average molecular weight is 261 g/mol. The summed E-state index contributed by atoms with van der Waals surface area (Å²) in [5.74, 6) is -0.930. The second-order valence-electron chi connectivity index (χ2n) is 3.77. The van der Waals surface area contributed by atoms with Crippen LogP contribution >= 0.6 is 0 Å². The Morgan fingerprint density at radius 2 is 1.83 bits per heavy atom. The van der Waals surface area contributed by atoms with Crippen molar-refractivity contribution in [1.82, 2.24) is 0 Å². The minimum atomic E-state index is -4.35. The molecule has 1 aromatic rings. The first-order chi connectivity index (χ1) is 8.34. The molecule has 1 rings (SSSR count). The number of hydrogen-bond acceptors (Lipinski definition) is 2. The van der Waals surface area contributed by atoms with Gasteiger partial charge < -0.3 is 10.0 Å². The van der Waals surface area contributed by atoms with Crippen LogP contribution in [0.2, 0.25) is 0 Å². The molecule has 0 saturated heterocycles. The highest BCUT2D eigenvalue weighted by Gasteiger charge is 2.30.